The van der Waals surface area contributed by atoms with Crippen LogP contribution < -0.4 is 11.1 Å². The largest absolute Gasteiger partial charge is 0.359 e. The van der Waals surface area contributed by atoms with Crippen molar-refractivity contribution >= 4 is 33.8 Å². The summed E-state index contributed by atoms with van der Waals surface area (Å²) >= 11 is 1.50. The molecule has 20 heavy (non-hydrogen) atoms. The van der Waals surface area contributed by atoms with Crippen LogP contribution in [0.15, 0.2) is 41.4 Å². The zero-order valence-electron chi connectivity index (χ0n) is 10.7. The quantitative estimate of drug-likeness (QED) is 0.687. The number of nitrogens with one attached hydrogen (secondary N) is 2. The minimum absolute atomic E-state index is 0.206. The molecule has 0 aliphatic rings. The van der Waals surface area contributed by atoms with Crippen LogP contribution >= 0.6 is 11.3 Å². The second-order valence-electron chi connectivity index (χ2n) is 4.53. The third-order valence-corrected chi connectivity index (χ3v) is 3.73. The Hall–Kier alpha value is -2.18. The Morgan fingerprint density at radius 2 is 2.30 bits per heavy atom. The third-order valence-electron chi connectivity index (χ3n) is 3.10. The Morgan fingerprint density at radius 1 is 1.45 bits per heavy atom. The molecule has 2 aromatic heterocycles. The van der Waals surface area contributed by atoms with Crippen molar-refractivity contribution in [2.24, 2.45) is 5.73 Å². The Bertz CT molecular complexity index is 720. The molecule has 0 aliphatic heterocycles. The number of anilines is 1. The van der Waals surface area contributed by atoms with Crippen LogP contribution in [0.25, 0.3) is 10.9 Å². The van der Waals surface area contributed by atoms with Crippen molar-refractivity contribution in [3.63, 3.8) is 0 Å². The highest BCUT2D eigenvalue weighted by atomic mass is 32.1. The van der Waals surface area contributed by atoms with Crippen molar-refractivity contribution in [1.29, 1.82) is 0 Å². The van der Waals surface area contributed by atoms with Crippen LogP contribution in [0.2, 0.25) is 0 Å². The number of benzene rings is 1. The summed E-state index contributed by atoms with van der Waals surface area (Å²) in [6, 6.07) is 7.18. The van der Waals surface area contributed by atoms with Crippen LogP contribution in [0.5, 0.6) is 0 Å². The monoisotopic (exact) mass is 286 g/mol. The molecule has 5 nitrogen and oxygen atoms in total. The highest BCUT2D eigenvalue weighted by molar-refractivity contribution is 7.07. The number of carbonyl (C=O) groups is 1. The molecule has 0 radical (unpaired) electrons. The number of carbonyl (C=O) groups excluding carboxylic acids is 1. The number of hydrogen-bond acceptors (Lipinski definition) is 4. The molecular weight excluding hydrogens is 272 g/mol. The number of thiazole rings is 1. The van der Waals surface area contributed by atoms with Gasteiger partial charge in [0.2, 0.25) is 5.91 Å². The van der Waals surface area contributed by atoms with Crippen LogP contribution in [-0.2, 0) is 11.2 Å². The first-order valence-electron chi connectivity index (χ1n) is 6.23. The smallest absolute Gasteiger partial charge is 0.241 e. The molecule has 1 atom stereocenters. The maximum Gasteiger partial charge on any atom is 0.241 e. The first-order valence-corrected chi connectivity index (χ1v) is 7.18. The number of H-pyrrole nitrogens is 1. The summed E-state index contributed by atoms with van der Waals surface area (Å²) in [5.41, 5.74) is 10.2. The summed E-state index contributed by atoms with van der Waals surface area (Å²) in [4.78, 5) is 19.4. The van der Waals surface area contributed by atoms with Gasteiger partial charge < -0.3 is 16.0 Å². The van der Waals surface area contributed by atoms with E-state index in [1.165, 1.54) is 11.3 Å². The van der Waals surface area contributed by atoms with Gasteiger partial charge >= 0.3 is 0 Å². The number of hydrogen-bond donors (Lipinski definition) is 3. The predicted octanol–water partition coefficient (Wildman–Crippen LogP) is 2.13. The van der Waals surface area contributed by atoms with Gasteiger partial charge in [-0.1, -0.05) is 18.2 Å². The molecule has 0 unspecified atom stereocenters. The maximum atomic E-state index is 12.1. The zero-order chi connectivity index (χ0) is 13.9. The van der Waals surface area contributed by atoms with Crippen LogP contribution in [0, 0.1) is 0 Å². The van der Waals surface area contributed by atoms with Crippen LogP contribution in [0.3, 0.4) is 0 Å². The standard InChI is InChI=1S/C14H14N4OS/c15-11(5-9-7-20-8-17-9)14(19)18-13-6-16-12-4-2-1-3-10(12)13/h1-4,6-8,11,16H,5,15H2,(H,18,19)/t11-/m1/s1. The summed E-state index contributed by atoms with van der Waals surface area (Å²) in [7, 11) is 0. The lowest BCUT2D eigenvalue weighted by molar-refractivity contribution is -0.117. The van der Waals surface area contributed by atoms with E-state index in [2.05, 4.69) is 15.3 Å². The molecule has 0 spiro atoms. The van der Waals surface area contributed by atoms with Crippen molar-refractivity contribution in [2.45, 2.75) is 12.5 Å². The lowest BCUT2D eigenvalue weighted by Crippen LogP contribution is -2.37. The number of amides is 1. The number of rotatable bonds is 4. The molecular formula is C14H14N4OS. The number of aromatic nitrogens is 2. The third kappa shape index (κ3) is 2.56. The van der Waals surface area contributed by atoms with Crippen LogP contribution in [-0.4, -0.2) is 21.9 Å². The molecule has 0 saturated carbocycles. The van der Waals surface area contributed by atoms with E-state index in [1.54, 1.807) is 11.7 Å². The maximum absolute atomic E-state index is 12.1. The number of nitrogens with two attached hydrogens (primary N) is 1. The van der Waals surface area contributed by atoms with E-state index in [9.17, 15) is 4.79 Å². The fraction of sp³-hybridized carbons (Fsp3) is 0.143. The average Bonchev–Trinajstić information content (AvgIpc) is 3.09. The molecule has 1 amide bonds. The summed E-state index contributed by atoms with van der Waals surface area (Å²) in [5.74, 6) is -0.206. The number of aromatic amines is 1. The summed E-state index contributed by atoms with van der Waals surface area (Å²) < 4.78 is 0. The van der Waals surface area contributed by atoms with Crippen molar-refractivity contribution in [2.75, 3.05) is 5.32 Å². The second-order valence-corrected chi connectivity index (χ2v) is 5.25. The van der Waals surface area contributed by atoms with Crippen molar-refractivity contribution in [3.8, 4) is 0 Å². The highest BCUT2D eigenvalue weighted by Gasteiger charge is 2.16. The Kier molecular flexibility index (Phi) is 3.49. The highest BCUT2D eigenvalue weighted by Crippen LogP contribution is 2.22. The van der Waals surface area contributed by atoms with E-state index in [-0.39, 0.29) is 5.91 Å². The molecule has 2 heterocycles. The minimum atomic E-state index is -0.606. The van der Waals surface area contributed by atoms with Gasteiger partial charge in [-0.2, -0.15) is 0 Å². The lowest BCUT2D eigenvalue weighted by atomic mass is 10.1. The SMILES string of the molecule is N[C@H](Cc1cscn1)C(=O)Nc1c[nH]c2ccccc12. The zero-order valence-corrected chi connectivity index (χ0v) is 11.5. The van der Waals surface area contributed by atoms with Gasteiger partial charge in [0.1, 0.15) is 0 Å². The molecule has 3 aromatic rings. The van der Waals surface area contributed by atoms with Gasteiger partial charge in [0.15, 0.2) is 0 Å². The predicted molar refractivity (Wildman–Crippen MR) is 80.7 cm³/mol. The van der Waals surface area contributed by atoms with Gasteiger partial charge in [-0.05, 0) is 6.07 Å². The Labute approximate surface area is 119 Å². The lowest BCUT2D eigenvalue weighted by Gasteiger charge is -2.10. The van der Waals surface area contributed by atoms with Crippen molar-refractivity contribution in [3.05, 3.63) is 47.0 Å². The van der Waals surface area contributed by atoms with Gasteiger partial charge in [0.25, 0.3) is 0 Å². The van der Waals surface area contributed by atoms with Gasteiger partial charge in [-0.15, -0.1) is 11.3 Å². The molecule has 0 fully saturated rings. The normalized spacial score (nSPS) is 12.4. The van der Waals surface area contributed by atoms with Gasteiger partial charge in [0, 0.05) is 28.9 Å². The van der Waals surface area contributed by atoms with E-state index in [0.29, 0.717) is 6.42 Å². The van der Waals surface area contributed by atoms with E-state index in [0.717, 1.165) is 22.3 Å². The number of fused-ring (bicyclic) bond motifs is 1. The minimum Gasteiger partial charge on any atom is -0.359 e. The van der Waals surface area contributed by atoms with E-state index >= 15 is 0 Å². The topological polar surface area (TPSA) is 83.8 Å². The van der Waals surface area contributed by atoms with E-state index in [4.69, 9.17) is 5.73 Å². The number of para-hydroxylation sites is 1. The van der Waals surface area contributed by atoms with E-state index in [1.807, 2.05) is 29.6 Å². The fourth-order valence-electron chi connectivity index (χ4n) is 2.06. The molecule has 102 valence electrons. The van der Waals surface area contributed by atoms with Crippen molar-refractivity contribution < 1.29 is 4.79 Å². The average molecular weight is 286 g/mol. The van der Waals surface area contributed by atoms with Gasteiger partial charge in [-0.25, -0.2) is 4.98 Å². The summed E-state index contributed by atoms with van der Waals surface area (Å²) in [6.45, 7) is 0. The molecule has 3 rings (SSSR count). The van der Waals surface area contributed by atoms with Crippen LogP contribution in [0.1, 0.15) is 5.69 Å². The first-order chi connectivity index (χ1) is 9.74. The first kappa shape index (κ1) is 12.8. The molecule has 4 N–H and O–H groups in total. The Morgan fingerprint density at radius 3 is 3.10 bits per heavy atom. The van der Waals surface area contributed by atoms with Crippen molar-refractivity contribution in [1.82, 2.24) is 9.97 Å². The van der Waals surface area contributed by atoms with Gasteiger partial charge in [-0.3, -0.25) is 4.79 Å². The summed E-state index contributed by atoms with van der Waals surface area (Å²) in [5, 5.41) is 5.73. The molecule has 0 saturated heterocycles. The van der Waals surface area contributed by atoms with Crippen LogP contribution in [0.4, 0.5) is 5.69 Å². The second kappa shape index (κ2) is 5.44. The van der Waals surface area contributed by atoms with Gasteiger partial charge in [0.05, 0.1) is 22.9 Å². The molecule has 6 heteroatoms. The molecule has 0 bridgehead atoms. The molecule has 1 aromatic carbocycles. The number of nitrogens with zero attached hydrogens (tertiary/aromatic N) is 1. The van der Waals surface area contributed by atoms with E-state index < -0.39 is 6.04 Å². The fourth-order valence-corrected chi connectivity index (χ4v) is 2.63. The Balaban J connectivity index is 1.72. The summed E-state index contributed by atoms with van der Waals surface area (Å²) in [6.07, 6.45) is 2.22. The molecule has 0 aliphatic carbocycles.